The smallest absolute Gasteiger partial charge is 0.336 e. The standard InChI is InChI=1S/C12H21NO7/c1-3-19-8-5-12(11(17)18,4-7(13)10(15)16)20-9(8)6(2)14/h6-9,14H,3-5,13H2,1-2H3,(H,15,16)(H,17,18)/t6-,7+,8?,9?,12-/m1/s1. The van der Waals surface area contributed by atoms with Crippen LogP contribution in [0, 0.1) is 0 Å². The fourth-order valence-corrected chi connectivity index (χ4v) is 2.40. The maximum atomic E-state index is 11.5. The number of hydrogen-bond donors (Lipinski definition) is 4. The Morgan fingerprint density at radius 3 is 2.50 bits per heavy atom. The molecule has 0 saturated carbocycles. The summed E-state index contributed by atoms with van der Waals surface area (Å²) in [6, 6.07) is -1.36. The van der Waals surface area contributed by atoms with Gasteiger partial charge in [-0.15, -0.1) is 0 Å². The summed E-state index contributed by atoms with van der Waals surface area (Å²) in [4.78, 5) is 22.3. The SMILES string of the molecule is CCOC1C[C@](C[C@H](N)C(=O)O)(C(=O)O)OC1[C@@H](C)O. The molecule has 0 aromatic carbocycles. The van der Waals surface area contributed by atoms with E-state index < -0.39 is 41.9 Å². The summed E-state index contributed by atoms with van der Waals surface area (Å²) in [5, 5.41) is 27.9. The van der Waals surface area contributed by atoms with E-state index in [9.17, 15) is 19.8 Å². The van der Waals surface area contributed by atoms with Crippen molar-refractivity contribution in [2.45, 2.75) is 56.6 Å². The van der Waals surface area contributed by atoms with Gasteiger partial charge in [-0.25, -0.2) is 4.79 Å². The number of carbonyl (C=O) groups is 2. The summed E-state index contributed by atoms with van der Waals surface area (Å²) in [6.07, 6.45) is -2.81. The van der Waals surface area contributed by atoms with Crippen LogP contribution in [-0.2, 0) is 19.1 Å². The zero-order valence-electron chi connectivity index (χ0n) is 11.5. The maximum absolute atomic E-state index is 11.5. The number of nitrogens with two attached hydrogens (primary N) is 1. The molecule has 1 aliphatic rings. The molecule has 0 aliphatic carbocycles. The molecule has 1 saturated heterocycles. The number of aliphatic carboxylic acids is 2. The average Bonchev–Trinajstić information content (AvgIpc) is 2.70. The molecule has 1 aliphatic heterocycles. The van der Waals surface area contributed by atoms with E-state index in [2.05, 4.69) is 0 Å². The zero-order valence-corrected chi connectivity index (χ0v) is 11.5. The molecule has 5 atom stereocenters. The number of carboxylic acids is 2. The van der Waals surface area contributed by atoms with E-state index in [-0.39, 0.29) is 12.8 Å². The van der Waals surface area contributed by atoms with Crippen LogP contribution in [0.25, 0.3) is 0 Å². The third kappa shape index (κ3) is 3.45. The van der Waals surface area contributed by atoms with E-state index in [0.29, 0.717) is 6.61 Å². The van der Waals surface area contributed by atoms with Gasteiger partial charge in [-0.3, -0.25) is 4.79 Å². The highest BCUT2D eigenvalue weighted by Crippen LogP contribution is 2.37. The highest BCUT2D eigenvalue weighted by molar-refractivity contribution is 5.80. The van der Waals surface area contributed by atoms with Crippen molar-refractivity contribution >= 4 is 11.9 Å². The van der Waals surface area contributed by atoms with Crippen LogP contribution in [0.3, 0.4) is 0 Å². The first-order chi connectivity index (χ1) is 9.23. The molecule has 1 rings (SSSR count). The molecule has 5 N–H and O–H groups in total. The fourth-order valence-electron chi connectivity index (χ4n) is 2.40. The third-order valence-corrected chi connectivity index (χ3v) is 3.37. The molecular weight excluding hydrogens is 270 g/mol. The van der Waals surface area contributed by atoms with Gasteiger partial charge in [0.15, 0.2) is 5.60 Å². The summed E-state index contributed by atoms with van der Waals surface area (Å²) in [7, 11) is 0. The number of rotatable bonds is 7. The first-order valence-corrected chi connectivity index (χ1v) is 6.42. The van der Waals surface area contributed by atoms with Gasteiger partial charge in [0.2, 0.25) is 0 Å². The van der Waals surface area contributed by atoms with Crippen molar-refractivity contribution < 1.29 is 34.4 Å². The molecule has 1 fully saturated rings. The van der Waals surface area contributed by atoms with E-state index in [1.807, 2.05) is 0 Å². The number of aliphatic hydroxyl groups is 1. The van der Waals surface area contributed by atoms with Crippen LogP contribution in [0.4, 0.5) is 0 Å². The first-order valence-electron chi connectivity index (χ1n) is 6.42. The Labute approximate surface area is 116 Å². The van der Waals surface area contributed by atoms with Crippen molar-refractivity contribution in [2.75, 3.05) is 6.61 Å². The van der Waals surface area contributed by atoms with Crippen LogP contribution < -0.4 is 5.73 Å². The fraction of sp³-hybridized carbons (Fsp3) is 0.833. The highest BCUT2D eigenvalue weighted by Gasteiger charge is 2.54. The van der Waals surface area contributed by atoms with Crippen LogP contribution in [0.5, 0.6) is 0 Å². The molecule has 2 unspecified atom stereocenters. The van der Waals surface area contributed by atoms with Crippen LogP contribution in [-0.4, -0.2) is 63.8 Å². The van der Waals surface area contributed by atoms with E-state index in [1.165, 1.54) is 6.92 Å². The first kappa shape index (κ1) is 16.8. The van der Waals surface area contributed by atoms with Gasteiger partial charge in [0.25, 0.3) is 0 Å². The van der Waals surface area contributed by atoms with Crippen molar-refractivity contribution in [3.05, 3.63) is 0 Å². The third-order valence-electron chi connectivity index (χ3n) is 3.37. The van der Waals surface area contributed by atoms with E-state index >= 15 is 0 Å². The maximum Gasteiger partial charge on any atom is 0.336 e. The second-order valence-corrected chi connectivity index (χ2v) is 4.97. The van der Waals surface area contributed by atoms with Crippen LogP contribution in [0.1, 0.15) is 26.7 Å². The van der Waals surface area contributed by atoms with Gasteiger partial charge in [-0.05, 0) is 13.8 Å². The lowest BCUT2D eigenvalue weighted by molar-refractivity contribution is -0.172. The Hall–Kier alpha value is -1.22. The minimum absolute atomic E-state index is 0.0489. The Kier molecular flexibility index (Phi) is 5.46. The largest absolute Gasteiger partial charge is 0.480 e. The van der Waals surface area contributed by atoms with E-state index in [4.69, 9.17) is 20.3 Å². The zero-order chi connectivity index (χ0) is 15.5. The summed E-state index contributed by atoms with van der Waals surface area (Å²) >= 11 is 0. The lowest BCUT2D eigenvalue weighted by Gasteiger charge is -2.26. The number of aliphatic hydroxyl groups excluding tert-OH is 1. The number of ether oxygens (including phenoxy) is 2. The second-order valence-electron chi connectivity index (χ2n) is 4.97. The van der Waals surface area contributed by atoms with Crippen LogP contribution in [0.15, 0.2) is 0 Å². The van der Waals surface area contributed by atoms with E-state index in [0.717, 1.165) is 0 Å². The average molecular weight is 291 g/mol. The van der Waals surface area contributed by atoms with Crippen molar-refractivity contribution in [1.82, 2.24) is 0 Å². The monoisotopic (exact) mass is 291 g/mol. The molecule has 1 heterocycles. The Morgan fingerprint density at radius 2 is 2.10 bits per heavy atom. The predicted molar refractivity (Wildman–Crippen MR) is 67.2 cm³/mol. The molecule has 0 bridgehead atoms. The van der Waals surface area contributed by atoms with Crippen molar-refractivity contribution in [3.63, 3.8) is 0 Å². The Morgan fingerprint density at radius 1 is 1.50 bits per heavy atom. The molecule has 0 radical (unpaired) electrons. The lowest BCUT2D eigenvalue weighted by atomic mass is 9.90. The number of hydrogen-bond acceptors (Lipinski definition) is 6. The molecule has 0 amide bonds. The molecule has 8 nitrogen and oxygen atoms in total. The molecule has 116 valence electrons. The van der Waals surface area contributed by atoms with Crippen LogP contribution in [0.2, 0.25) is 0 Å². The summed E-state index contributed by atoms with van der Waals surface area (Å²) < 4.78 is 10.8. The quantitative estimate of drug-likeness (QED) is 0.477. The van der Waals surface area contributed by atoms with Gasteiger partial charge in [0.05, 0.1) is 12.2 Å². The molecular formula is C12H21NO7. The summed E-state index contributed by atoms with van der Waals surface area (Å²) in [5.41, 5.74) is 3.66. The summed E-state index contributed by atoms with van der Waals surface area (Å²) in [6.45, 7) is 3.53. The van der Waals surface area contributed by atoms with Gasteiger partial charge >= 0.3 is 11.9 Å². The van der Waals surface area contributed by atoms with E-state index in [1.54, 1.807) is 6.92 Å². The van der Waals surface area contributed by atoms with Crippen molar-refractivity contribution in [1.29, 1.82) is 0 Å². The van der Waals surface area contributed by atoms with Gasteiger partial charge in [0, 0.05) is 19.4 Å². The summed E-state index contributed by atoms with van der Waals surface area (Å²) in [5.74, 6) is -2.61. The van der Waals surface area contributed by atoms with Gasteiger partial charge < -0.3 is 30.5 Å². The molecule has 20 heavy (non-hydrogen) atoms. The Balaban J connectivity index is 2.97. The predicted octanol–water partition coefficient (Wildman–Crippen LogP) is -0.813. The lowest BCUT2D eigenvalue weighted by Crippen LogP contribution is -2.47. The Bertz CT molecular complexity index is 373. The number of carboxylic acid groups (broad SMARTS) is 2. The minimum Gasteiger partial charge on any atom is -0.480 e. The molecule has 0 aromatic heterocycles. The van der Waals surface area contributed by atoms with Gasteiger partial charge in [0.1, 0.15) is 12.1 Å². The second kappa shape index (κ2) is 6.49. The molecule has 0 spiro atoms. The topological polar surface area (TPSA) is 139 Å². The molecule has 8 heteroatoms. The normalized spacial score (nSPS) is 32.8. The minimum atomic E-state index is -1.75. The van der Waals surface area contributed by atoms with Crippen molar-refractivity contribution in [2.24, 2.45) is 5.73 Å². The van der Waals surface area contributed by atoms with Crippen LogP contribution >= 0.6 is 0 Å². The van der Waals surface area contributed by atoms with Crippen molar-refractivity contribution in [3.8, 4) is 0 Å². The molecule has 0 aromatic rings. The highest BCUT2D eigenvalue weighted by atomic mass is 16.6. The van der Waals surface area contributed by atoms with Gasteiger partial charge in [-0.1, -0.05) is 0 Å². The van der Waals surface area contributed by atoms with Gasteiger partial charge in [-0.2, -0.15) is 0 Å².